The number of primary amides is 1. The van der Waals surface area contributed by atoms with Gasteiger partial charge >= 0.3 is 5.97 Å². The first kappa shape index (κ1) is 16.8. The Balaban J connectivity index is 2.33. The first-order valence-corrected chi connectivity index (χ1v) is 7.03. The van der Waals surface area contributed by atoms with Crippen LogP contribution in [0.5, 0.6) is 5.75 Å². The fraction of sp³-hybridized carbons (Fsp3) is 0.467. The number of nitrogens with two attached hydrogens (primary N) is 2. The summed E-state index contributed by atoms with van der Waals surface area (Å²) in [6, 6.07) is 4.89. The van der Waals surface area contributed by atoms with E-state index in [1.807, 2.05) is 0 Å². The predicted octanol–water partition coefficient (Wildman–Crippen LogP) is 1.87. The number of para-hydroxylation sites is 1. The average Bonchev–Trinajstić information content (AvgIpc) is 2.44. The Morgan fingerprint density at radius 2 is 1.95 bits per heavy atom. The summed E-state index contributed by atoms with van der Waals surface area (Å²) in [6.07, 6.45) is 2.74. The van der Waals surface area contributed by atoms with Crippen molar-refractivity contribution in [1.82, 2.24) is 0 Å². The summed E-state index contributed by atoms with van der Waals surface area (Å²) in [5.41, 5.74) is 11.7. The number of ether oxygens (including phenoxy) is 2. The van der Waals surface area contributed by atoms with E-state index in [0.717, 1.165) is 19.3 Å². The van der Waals surface area contributed by atoms with E-state index in [1.54, 1.807) is 25.1 Å². The lowest BCUT2D eigenvalue weighted by Gasteiger charge is -2.11. The van der Waals surface area contributed by atoms with Crippen LogP contribution in [0.1, 0.15) is 43.0 Å². The van der Waals surface area contributed by atoms with Crippen molar-refractivity contribution in [3.05, 3.63) is 23.8 Å². The van der Waals surface area contributed by atoms with Crippen LogP contribution in [0.25, 0.3) is 0 Å². The lowest BCUT2D eigenvalue weighted by atomic mass is 10.1. The third-order valence-corrected chi connectivity index (χ3v) is 2.89. The minimum absolute atomic E-state index is 0.179. The highest BCUT2D eigenvalue weighted by Crippen LogP contribution is 2.26. The van der Waals surface area contributed by atoms with Gasteiger partial charge in [0.2, 0.25) is 0 Å². The van der Waals surface area contributed by atoms with Crippen LogP contribution in [0, 0.1) is 0 Å². The molecule has 0 atom stereocenters. The number of carbonyl (C=O) groups is 2. The Kier molecular flexibility index (Phi) is 7.08. The lowest BCUT2D eigenvalue weighted by molar-refractivity contribution is -0.143. The zero-order valence-corrected chi connectivity index (χ0v) is 12.3. The highest BCUT2D eigenvalue weighted by Gasteiger charge is 2.12. The van der Waals surface area contributed by atoms with Crippen LogP contribution in [0.3, 0.4) is 0 Å². The van der Waals surface area contributed by atoms with Crippen molar-refractivity contribution in [1.29, 1.82) is 0 Å². The summed E-state index contributed by atoms with van der Waals surface area (Å²) in [5.74, 6) is -0.420. The molecule has 0 saturated heterocycles. The van der Waals surface area contributed by atoms with Gasteiger partial charge in [-0.15, -0.1) is 0 Å². The van der Waals surface area contributed by atoms with Gasteiger partial charge in [-0.2, -0.15) is 0 Å². The maximum atomic E-state index is 11.3. The maximum absolute atomic E-state index is 11.3. The molecule has 1 aromatic carbocycles. The van der Waals surface area contributed by atoms with Gasteiger partial charge in [-0.1, -0.05) is 6.07 Å². The molecule has 4 N–H and O–H groups in total. The second-order valence-corrected chi connectivity index (χ2v) is 4.55. The zero-order chi connectivity index (χ0) is 15.7. The fourth-order valence-electron chi connectivity index (χ4n) is 1.87. The van der Waals surface area contributed by atoms with Gasteiger partial charge in [-0.25, -0.2) is 0 Å². The van der Waals surface area contributed by atoms with Crippen molar-refractivity contribution >= 4 is 17.6 Å². The molecule has 1 aromatic rings. The minimum atomic E-state index is -0.570. The second kappa shape index (κ2) is 8.84. The van der Waals surface area contributed by atoms with E-state index in [2.05, 4.69) is 0 Å². The number of unbranched alkanes of at least 4 members (excludes halogenated alkanes) is 2. The van der Waals surface area contributed by atoms with Crippen molar-refractivity contribution in [2.75, 3.05) is 18.9 Å². The topological polar surface area (TPSA) is 105 Å². The number of anilines is 1. The highest BCUT2D eigenvalue weighted by molar-refractivity contribution is 5.97. The molecular weight excluding hydrogens is 272 g/mol. The van der Waals surface area contributed by atoms with Gasteiger partial charge in [0.25, 0.3) is 5.91 Å². The Morgan fingerprint density at radius 1 is 1.19 bits per heavy atom. The van der Waals surface area contributed by atoms with Gasteiger partial charge in [-0.3, -0.25) is 9.59 Å². The molecule has 0 spiro atoms. The molecule has 0 saturated carbocycles. The second-order valence-electron chi connectivity index (χ2n) is 4.55. The zero-order valence-electron chi connectivity index (χ0n) is 12.3. The summed E-state index contributed by atoms with van der Waals surface area (Å²) in [5, 5.41) is 0. The van der Waals surface area contributed by atoms with Crippen LogP contribution in [0.15, 0.2) is 18.2 Å². The van der Waals surface area contributed by atoms with Gasteiger partial charge in [0.1, 0.15) is 0 Å². The molecule has 1 rings (SSSR count). The number of amides is 1. The molecule has 0 unspecified atom stereocenters. The Bertz CT molecular complexity index is 489. The minimum Gasteiger partial charge on any atom is -0.491 e. The lowest BCUT2D eigenvalue weighted by Crippen LogP contribution is -2.14. The van der Waals surface area contributed by atoms with Crippen molar-refractivity contribution in [3.63, 3.8) is 0 Å². The molecule has 0 aliphatic heterocycles. The van der Waals surface area contributed by atoms with E-state index in [1.165, 1.54) is 0 Å². The summed E-state index contributed by atoms with van der Waals surface area (Å²) >= 11 is 0. The third kappa shape index (κ3) is 5.72. The summed E-state index contributed by atoms with van der Waals surface area (Å²) < 4.78 is 10.4. The van der Waals surface area contributed by atoms with Crippen molar-refractivity contribution in [3.8, 4) is 5.75 Å². The van der Waals surface area contributed by atoms with E-state index < -0.39 is 5.91 Å². The van der Waals surface area contributed by atoms with Gasteiger partial charge in [-0.05, 0) is 38.3 Å². The van der Waals surface area contributed by atoms with Crippen LogP contribution < -0.4 is 16.2 Å². The Labute approximate surface area is 124 Å². The van der Waals surface area contributed by atoms with Gasteiger partial charge in [0, 0.05) is 6.42 Å². The molecule has 0 fully saturated rings. The molecule has 0 aliphatic carbocycles. The first-order chi connectivity index (χ1) is 10.1. The Hall–Kier alpha value is -2.24. The van der Waals surface area contributed by atoms with Crippen LogP contribution in [0.4, 0.5) is 5.69 Å². The molecule has 21 heavy (non-hydrogen) atoms. The summed E-state index contributed by atoms with van der Waals surface area (Å²) in [7, 11) is 0. The van der Waals surface area contributed by atoms with Crippen molar-refractivity contribution in [2.24, 2.45) is 5.73 Å². The standard InChI is InChI=1S/C15H22N2O4/c1-2-20-13(18)9-4-3-5-10-21-14-11(15(17)19)7-6-8-12(14)16/h6-8H,2-5,9-10,16H2,1H3,(H2,17,19). The number of hydrogen-bond acceptors (Lipinski definition) is 5. The van der Waals surface area contributed by atoms with Crippen LogP contribution in [-0.4, -0.2) is 25.1 Å². The molecule has 0 heterocycles. The quantitative estimate of drug-likeness (QED) is 0.411. The number of benzene rings is 1. The largest absolute Gasteiger partial charge is 0.491 e. The van der Waals surface area contributed by atoms with Crippen LogP contribution in [-0.2, 0) is 9.53 Å². The smallest absolute Gasteiger partial charge is 0.305 e. The molecule has 0 bridgehead atoms. The number of esters is 1. The van der Waals surface area contributed by atoms with E-state index >= 15 is 0 Å². The van der Waals surface area contributed by atoms with Crippen molar-refractivity contribution in [2.45, 2.75) is 32.6 Å². The maximum Gasteiger partial charge on any atom is 0.305 e. The fourth-order valence-corrected chi connectivity index (χ4v) is 1.87. The molecular formula is C15H22N2O4. The molecule has 1 amide bonds. The number of rotatable bonds is 9. The van der Waals surface area contributed by atoms with Gasteiger partial charge in [0.15, 0.2) is 5.75 Å². The Morgan fingerprint density at radius 3 is 2.62 bits per heavy atom. The van der Waals surface area contributed by atoms with Gasteiger partial charge < -0.3 is 20.9 Å². The predicted molar refractivity (Wildman–Crippen MR) is 80.0 cm³/mol. The molecule has 0 radical (unpaired) electrons. The average molecular weight is 294 g/mol. The molecule has 116 valence electrons. The van der Waals surface area contributed by atoms with E-state index in [-0.39, 0.29) is 11.5 Å². The van der Waals surface area contributed by atoms with Crippen LogP contribution >= 0.6 is 0 Å². The molecule has 6 heteroatoms. The third-order valence-electron chi connectivity index (χ3n) is 2.89. The SMILES string of the molecule is CCOC(=O)CCCCCOc1c(N)cccc1C(N)=O. The van der Waals surface area contributed by atoms with Crippen molar-refractivity contribution < 1.29 is 19.1 Å². The summed E-state index contributed by atoms with van der Waals surface area (Å²) in [6.45, 7) is 2.61. The van der Waals surface area contributed by atoms with Crippen LogP contribution in [0.2, 0.25) is 0 Å². The monoisotopic (exact) mass is 294 g/mol. The molecule has 0 aliphatic rings. The summed E-state index contributed by atoms with van der Waals surface area (Å²) in [4.78, 5) is 22.4. The van der Waals surface area contributed by atoms with Gasteiger partial charge in [0.05, 0.1) is 24.5 Å². The number of nitrogen functional groups attached to an aromatic ring is 1. The first-order valence-electron chi connectivity index (χ1n) is 7.03. The van der Waals surface area contributed by atoms with E-state index in [0.29, 0.717) is 31.1 Å². The number of hydrogen-bond donors (Lipinski definition) is 2. The molecule has 6 nitrogen and oxygen atoms in total. The van der Waals surface area contributed by atoms with E-state index in [4.69, 9.17) is 20.9 Å². The normalized spacial score (nSPS) is 10.1. The molecule has 0 aromatic heterocycles. The number of carbonyl (C=O) groups excluding carboxylic acids is 2. The van der Waals surface area contributed by atoms with E-state index in [9.17, 15) is 9.59 Å². The highest BCUT2D eigenvalue weighted by atomic mass is 16.5.